The van der Waals surface area contributed by atoms with Crippen LogP contribution in [0.1, 0.15) is 24.0 Å². The van der Waals surface area contributed by atoms with Gasteiger partial charge in [-0.15, -0.1) is 0 Å². The smallest absolute Gasteiger partial charge is 0.313 e. The van der Waals surface area contributed by atoms with Crippen molar-refractivity contribution in [2.45, 2.75) is 18.3 Å². The average molecular weight is 337 g/mol. The van der Waals surface area contributed by atoms with Crippen LogP contribution in [0, 0.1) is 17.1 Å². The van der Waals surface area contributed by atoms with Crippen molar-refractivity contribution in [3.8, 4) is 6.07 Å². The summed E-state index contributed by atoms with van der Waals surface area (Å²) in [4.78, 5) is 23.9. The van der Waals surface area contributed by atoms with Gasteiger partial charge >= 0.3 is 11.8 Å². The van der Waals surface area contributed by atoms with Crippen molar-refractivity contribution in [1.29, 1.82) is 5.26 Å². The van der Waals surface area contributed by atoms with Gasteiger partial charge in [0.15, 0.2) is 0 Å². The summed E-state index contributed by atoms with van der Waals surface area (Å²) in [5, 5.41) is 13.8. The highest BCUT2D eigenvalue weighted by Crippen LogP contribution is 2.48. The molecule has 0 saturated heterocycles. The average Bonchev–Trinajstić information content (AvgIpc) is 3.41. The number of nitrogens with zero attached hydrogens (tertiary/aromatic N) is 1. The van der Waals surface area contributed by atoms with Gasteiger partial charge in [0.2, 0.25) is 0 Å². The van der Waals surface area contributed by atoms with Gasteiger partial charge in [-0.1, -0.05) is 18.2 Å². The van der Waals surface area contributed by atoms with E-state index in [1.165, 1.54) is 6.07 Å². The third-order valence-electron chi connectivity index (χ3n) is 4.36. The summed E-state index contributed by atoms with van der Waals surface area (Å²) < 4.78 is 13.9. The largest absolute Gasteiger partial charge is 0.347 e. The SMILES string of the molecule is N#Cc1ccc(NC(=O)C(=O)NCC2(c3ccccc3F)CC2)cc1. The lowest BCUT2D eigenvalue weighted by molar-refractivity contribution is -0.136. The van der Waals surface area contributed by atoms with Crippen LogP contribution in [0.4, 0.5) is 10.1 Å². The highest BCUT2D eigenvalue weighted by Gasteiger charge is 2.46. The summed E-state index contributed by atoms with van der Waals surface area (Å²) in [5.41, 5.74) is 1.04. The number of halogens is 1. The summed E-state index contributed by atoms with van der Waals surface area (Å²) in [7, 11) is 0. The fraction of sp³-hybridized carbons (Fsp3) is 0.211. The van der Waals surface area contributed by atoms with Crippen molar-refractivity contribution in [3.63, 3.8) is 0 Å². The molecule has 0 unspecified atom stereocenters. The summed E-state index contributed by atoms with van der Waals surface area (Å²) in [6, 6.07) is 14.7. The Morgan fingerprint density at radius 3 is 2.36 bits per heavy atom. The van der Waals surface area contributed by atoms with Crippen molar-refractivity contribution >= 4 is 17.5 Å². The van der Waals surface area contributed by atoms with Crippen LogP contribution >= 0.6 is 0 Å². The minimum atomic E-state index is -0.797. The second-order valence-electron chi connectivity index (χ2n) is 6.09. The Kier molecular flexibility index (Phi) is 4.48. The van der Waals surface area contributed by atoms with Gasteiger partial charge in [-0.05, 0) is 48.7 Å². The van der Waals surface area contributed by atoms with E-state index in [9.17, 15) is 14.0 Å². The Morgan fingerprint density at radius 2 is 1.76 bits per heavy atom. The van der Waals surface area contributed by atoms with E-state index >= 15 is 0 Å². The molecule has 1 fully saturated rings. The van der Waals surface area contributed by atoms with Crippen LogP contribution in [0.2, 0.25) is 0 Å². The standard InChI is InChI=1S/C19H16FN3O2/c20-16-4-2-1-3-15(16)19(9-10-19)12-22-17(24)18(25)23-14-7-5-13(11-21)6-8-14/h1-8H,9-10,12H2,(H,22,24)(H,23,25). The molecule has 5 nitrogen and oxygen atoms in total. The summed E-state index contributed by atoms with van der Waals surface area (Å²) in [6.07, 6.45) is 1.54. The van der Waals surface area contributed by atoms with E-state index < -0.39 is 17.2 Å². The van der Waals surface area contributed by atoms with E-state index in [0.717, 1.165) is 12.8 Å². The number of nitriles is 1. The van der Waals surface area contributed by atoms with E-state index in [1.807, 2.05) is 6.07 Å². The molecule has 2 aromatic rings. The van der Waals surface area contributed by atoms with Crippen molar-refractivity contribution < 1.29 is 14.0 Å². The van der Waals surface area contributed by atoms with Crippen LogP contribution in [0.15, 0.2) is 48.5 Å². The number of nitrogens with one attached hydrogen (secondary N) is 2. The Labute approximate surface area is 144 Å². The first-order chi connectivity index (χ1) is 12.0. The lowest BCUT2D eigenvalue weighted by Crippen LogP contribution is -2.39. The predicted molar refractivity (Wildman–Crippen MR) is 90.1 cm³/mol. The van der Waals surface area contributed by atoms with Crippen LogP contribution in [-0.4, -0.2) is 18.4 Å². The minimum Gasteiger partial charge on any atom is -0.347 e. The van der Waals surface area contributed by atoms with E-state index in [1.54, 1.807) is 42.5 Å². The number of anilines is 1. The molecule has 6 heteroatoms. The molecule has 2 amide bonds. The van der Waals surface area contributed by atoms with Crippen LogP contribution in [0.25, 0.3) is 0 Å². The van der Waals surface area contributed by atoms with E-state index in [4.69, 9.17) is 5.26 Å². The number of hydrogen-bond acceptors (Lipinski definition) is 3. The summed E-state index contributed by atoms with van der Waals surface area (Å²) in [6.45, 7) is 0.216. The van der Waals surface area contributed by atoms with E-state index in [0.29, 0.717) is 16.8 Å². The second kappa shape index (κ2) is 6.73. The Balaban J connectivity index is 1.58. The first-order valence-electron chi connectivity index (χ1n) is 7.88. The summed E-state index contributed by atoms with van der Waals surface area (Å²) >= 11 is 0. The van der Waals surface area contributed by atoms with Crippen molar-refractivity contribution in [2.75, 3.05) is 11.9 Å². The third-order valence-corrected chi connectivity index (χ3v) is 4.36. The Morgan fingerprint density at radius 1 is 1.08 bits per heavy atom. The van der Waals surface area contributed by atoms with Crippen molar-refractivity contribution in [3.05, 3.63) is 65.5 Å². The minimum absolute atomic E-state index is 0.216. The number of benzene rings is 2. The van der Waals surface area contributed by atoms with E-state index in [2.05, 4.69) is 10.6 Å². The lowest BCUT2D eigenvalue weighted by Gasteiger charge is -2.17. The van der Waals surface area contributed by atoms with Crippen LogP contribution in [0.3, 0.4) is 0 Å². The topological polar surface area (TPSA) is 82.0 Å². The van der Waals surface area contributed by atoms with Crippen molar-refractivity contribution in [1.82, 2.24) is 5.32 Å². The predicted octanol–water partition coefficient (Wildman–Crippen LogP) is 2.48. The van der Waals surface area contributed by atoms with E-state index in [-0.39, 0.29) is 12.4 Å². The molecule has 0 aliphatic heterocycles. The molecule has 0 bridgehead atoms. The number of amides is 2. The molecule has 0 radical (unpaired) electrons. The fourth-order valence-electron chi connectivity index (χ4n) is 2.73. The fourth-order valence-corrected chi connectivity index (χ4v) is 2.73. The molecule has 3 rings (SSSR count). The number of carbonyl (C=O) groups excluding carboxylic acids is 2. The number of rotatable bonds is 4. The van der Waals surface area contributed by atoms with Gasteiger partial charge in [0, 0.05) is 17.6 Å². The molecule has 0 aromatic heterocycles. The number of carbonyl (C=O) groups is 2. The van der Waals surface area contributed by atoms with Gasteiger partial charge in [0.25, 0.3) is 0 Å². The molecule has 2 N–H and O–H groups in total. The second-order valence-corrected chi connectivity index (χ2v) is 6.09. The molecular formula is C19H16FN3O2. The Bertz CT molecular complexity index is 852. The molecule has 0 heterocycles. The van der Waals surface area contributed by atoms with Crippen LogP contribution in [-0.2, 0) is 15.0 Å². The maximum Gasteiger partial charge on any atom is 0.313 e. The zero-order valence-electron chi connectivity index (χ0n) is 13.4. The molecule has 126 valence electrons. The first kappa shape index (κ1) is 16.7. The molecule has 25 heavy (non-hydrogen) atoms. The molecule has 0 spiro atoms. The maximum absolute atomic E-state index is 13.9. The molecule has 1 aliphatic carbocycles. The molecule has 2 aromatic carbocycles. The lowest BCUT2D eigenvalue weighted by atomic mass is 9.95. The summed E-state index contributed by atoms with van der Waals surface area (Å²) in [5.74, 6) is -1.86. The zero-order valence-corrected chi connectivity index (χ0v) is 13.4. The highest BCUT2D eigenvalue weighted by molar-refractivity contribution is 6.39. The maximum atomic E-state index is 13.9. The zero-order chi connectivity index (χ0) is 17.9. The number of hydrogen-bond donors (Lipinski definition) is 2. The molecular weight excluding hydrogens is 321 g/mol. The van der Waals surface area contributed by atoms with Crippen LogP contribution in [0.5, 0.6) is 0 Å². The van der Waals surface area contributed by atoms with Gasteiger partial charge in [0.05, 0.1) is 11.6 Å². The normalized spacial score (nSPS) is 14.2. The van der Waals surface area contributed by atoms with Gasteiger partial charge in [-0.25, -0.2) is 4.39 Å². The van der Waals surface area contributed by atoms with Gasteiger partial charge in [-0.2, -0.15) is 5.26 Å². The Hall–Kier alpha value is -3.20. The third kappa shape index (κ3) is 3.66. The van der Waals surface area contributed by atoms with Gasteiger partial charge < -0.3 is 10.6 Å². The molecule has 1 aliphatic rings. The quantitative estimate of drug-likeness (QED) is 0.841. The first-order valence-corrected chi connectivity index (χ1v) is 7.88. The molecule has 1 saturated carbocycles. The monoisotopic (exact) mass is 337 g/mol. The highest BCUT2D eigenvalue weighted by atomic mass is 19.1. The van der Waals surface area contributed by atoms with Gasteiger partial charge in [-0.3, -0.25) is 9.59 Å². The van der Waals surface area contributed by atoms with Crippen molar-refractivity contribution in [2.24, 2.45) is 0 Å². The van der Waals surface area contributed by atoms with Gasteiger partial charge in [0.1, 0.15) is 5.82 Å². The molecule has 0 atom stereocenters. The van der Waals surface area contributed by atoms with Crippen LogP contribution < -0.4 is 10.6 Å².